The zero-order chi connectivity index (χ0) is 13.7. The smallest absolute Gasteiger partial charge is 0.189 e. The summed E-state index contributed by atoms with van der Waals surface area (Å²) in [7, 11) is 0. The van der Waals surface area contributed by atoms with Crippen LogP contribution < -0.4 is 11.1 Å². The molecule has 19 heavy (non-hydrogen) atoms. The van der Waals surface area contributed by atoms with Gasteiger partial charge in [-0.15, -0.1) is 10.2 Å². The molecule has 106 valence electrons. The number of nitrogens with two attached hydrogens (primary N) is 1. The molecule has 7 heteroatoms. The molecule has 1 saturated heterocycles. The van der Waals surface area contributed by atoms with Crippen molar-refractivity contribution >= 4 is 17.3 Å². The number of hydrogen-bond donors (Lipinski definition) is 2. The van der Waals surface area contributed by atoms with E-state index in [1.165, 1.54) is 0 Å². The molecule has 1 unspecified atom stereocenters. The number of rotatable bonds is 5. The second-order valence-electron chi connectivity index (χ2n) is 4.91. The van der Waals surface area contributed by atoms with Crippen LogP contribution in [0.2, 0.25) is 0 Å². The van der Waals surface area contributed by atoms with Crippen molar-refractivity contribution in [1.29, 1.82) is 0 Å². The van der Waals surface area contributed by atoms with Gasteiger partial charge in [-0.2, -0.15) is 0 Å². The fraction of sp³-hybridized carbons (Fsp3) is 0.750. The number of ether oxygens (including phenoxy) is 1. The van der Waals surface area contributed by atoms with Gasteiger partial charge in [0.05, 0.1) is 12.6 Å². The summed E-state index contributed by atoms with van der Waals surface area (Å²) >= 11 is 1.59. The predicted molar refractivity (Wildman–Crippen MR) is 76.3 cm³/mol. The minimum Gasteiger partial charge on any atom is -0.376 e. The summed E-state index contributed by atoms with van der Waals surface area (Å²) in [5.74, 6) is 0.849. The standard InChI is InChI=1S/C12H21N5OS/c1-8(2)11-17-16-10(19-11)7-15-12(13)14-6-9-4-3-5-18-9/h8-9H,3-7H2,1-2H3,(H3,13,14,15). The molecule has 3 N–H and O–H groups in total. The van der Waals surface area contributed by atoms with Crippen molar-refractivity contribution in [2.45, 2.75) is 45.3 Å². The fourth-order valence-electron chi connectivity index (χ4n) is 1.80. The molecule has 0 spiro atoms. The molecule has 0 aromatic carbocycles. The van der Waals surface area contributed by atoms with Gasteiger partial charge < -0.3 is 15.8 Å². The van der Waals surface area contributed by atoms with Crippen molar-refractivity contribution in [1.82, 2.24) is 15.5 Å². The van der Waals surface area contributed by atoms with E-state index in [1.54, 1.807) is 11.3 Å². The van der Waals surface area contributed by atoms with Gasteiger partial charge in [-0.1, -0.05) is 25.2 Å². The number of hydrogen-bond acceptors (Lipinski definition) is 5. The Bertz CT molecular complexity index is 426. The Morgan fingerprint density at radius 1 is 1.58 bits per heavy atom. The molecule has 0 aliphatic carbocycles. The second kappa shape index (κ2) is 6.81. The molecule has 1 aromatic rings. The molecule has 0 bridgehead atoms. The first kappa shape index (κ1) is 14.2. The lowest BCUT2D eigenvalue weighted by Gasteiger charge is -2.10. The number of aromatic nitrogens is 2. The first-order chi connectivity index (χ1) is 9.15. The molecule has 1 aliphatic heterocycles. The Morgan fingerprint density at radius 3 is 3.05 bits per heavy atom. The molecule has 0 amide bonds. The molecular formula is C12H21N5OS. The van der Waals surface area contributed by atoms with E-state index in [9.17, 15) is 0 Å². The number of nitrogens with zero attached hydrogens (tertiary/aromatic N) is 3. The van der Waals surface area contributed by atoms with E-state index in [0.717, 1.165) is 36.0 Å². The van der Waals surface area contributed by atoms with Crippen LogP contribution in [0.4, 0.5) is 0 Å². The zero-order valence-electron chi connectivity index (χ0n) is 11.4. The van der Waals surface area contributed by atoms with Crippen molar-refractivity contribution in [3.8, 4) is 0 Å². The van der Waals surface area contributed by atoms with Crippen LogP contribution in [0.25, 0.3) is 0 Å². The predicted octanol–water partition coefficient (Wildman–Crippen LogP) is 1.24. The van der Waals surface area contributed by atoms with E-state index < -0.39 is 0 Å². The van der Waals surface area contributed by atoms with E-state index in [-0.39, 0.29) is 6.10 Å². The van der Waals surface area contributed by atoms with Crippen molar-refractivity contribution in [2.24, 2.45) is 10.7 Å². The van der Waals surface area contributed by atoms with Gasteiger partial charge in [0.2, 0.25) is 0 Å². The highest BCUT2D eigenvalue weighted by Gasteiger charge is 2.15. The van der Waals surface area contributed by atoms with Gasteiger partial charge in [-0.05, 0) is 12.8 Å². The molecule has 1 atom stereocenters. The van der Waals surface area contributed by atoms with Gasteiger partial charge >= 0.3 is 0 Å². The first-order valence-corrected chi connectivity index (χ1v) is 7.44. The molecule has 1 fully saturated rings. The Kier molecular flexibility index (Phi) is 5.09. The van der Waals surface area contributed by atoms with Crippen LogP contribution in [-0.4, -0.2) is 35.4 Å². The van der Waals surface area contributed by atoms with Gasteiger partial charge in [-0.3, -0.25) is 0 Å². The summed E-state index contributed by atoms with van der Waals surface area (Å²) in [4.78, 5) is 4.26. The van der Waals surface area contributed by atoms with Crippen LogP contribution in [0.5, 0.6) is 0 Å². The summed E-state index contributed by atoms with van der Waals surface area (Å²) in [6.45, 7) is 6.26. The monoisotopic (exact) mass is 283 g/mol. The fourth-order valence-corrected chi connectivity index (χ4v) is 2.57. The van der Waals surface area contributed by atoms with Crippen LogP contribution in [0.1, 0.15) is 42.6 Å². The molecule has 1 aliphatic rings. The van der Waals surface area contributed by atoms with Crippen molar-refractivity contribution in [2.75, 3.05) is 13.2 Å². The summed E-state index contributed by atoms with van der Waals surface area (Å²) in [6.07, 6.45) is 2.49. The maximum Gasteiger partial charge on any atom is 0.189 e. The minimum absolute atomic E-state index is 0.267. The molecule has 2 heterocycles. The molecule has 1 aromatic heterocycles. The third kappa shape index (κ3) is 4.43. The average molecular weight is 283 g/mol. The Morgan fingerprint density at radius 2 is 2.42 bits per heavy atom. The molecule has 2 rings (SSSR count). The van der Waals surface area contributed by atoms with Crippen molar-refractivity contribution < 1.29 is 4.74 Å². The van der Waals surface area contributed by atoms with Crippen LogP contribution in [-0.2, 0) is 11.3 Å². The van der Waals surface area contributed by atoms with E-state index >= 15 is 0 Å². The number of aliphatic imine (C=N–C) groups is 1. The van der Waals surface area contributed by atoms with Gasteiger partial charge in [0.1, 0.15) is 10.0 Å². The highest BCUT2D eigenvalue weighted by atomic mass is 32.1. The quantitative estimate of drug-likeness (QED) is 0.627. The summed E-state index contributed by atoms with van der Waals surface area (Å²) in [5.41, 5.74) is 5.81. The lowest BCUT2D eigenvalue weighted by molar-refractivity contribution is 0.114. The summed E-state index contributed by atoms with van der Waals surface area (Å²) in [6, 6.07) is 0. The largest absolute Gasteiger partial charge is 0.376 e. The number of guanidine groups is 1. The lowest BCUT2D eigenvalue weighted by atomic mass is 10.2. The Balaban J connectivity index is 1.76. The third-order valence-electron chi connectivity index (χ3n) is 2.90. The second-order valence-corrected chi connectivity index (χ2v) is 6.00. The topological polar surface area (TPSA) is 85.4 Å². The van der Waals surface area contributed by atoms with Crippen LogP contribution >= 0.6 is 11.3 Å². The average Bonchev–Trinajstić information content (AvgIpc) is 3.05. The van der Waals surface area contributed by atoms with E-state index in [4.69, 9.17) is 10.5 Å². The van der Waals surface area contributed by atoms with Crippen molar-refractivity contribution in [3.63, 3.8) is 0 Å². The van der Waals surface area contributed by atoms with Gasteiger partial charge in [0.25, 0.3) is 0 Å². The molecule has 0 radical (unpaired) electrons. The summed E-state index contributed by atoms with van der Waals surface area (Å²) < 4.78 is 5.50. The van der Waals surface area contributed by atoms with E-state index in [0.29, 0.717) is 18.4 Å². The first-order valence-electron chi connectivity index (χ1n) is 6.63. The van der Waals surface area contributed by atoms with Crippen LogP contribution in [0.3, 0.4) is 0 Å². The van der Waals surface area contributed by atoms with Gasteiger partial charge in [-0.25, -0.2) is 4.99 Å². The normalized spacial score (nSPS) is 20.2. The van der Waals surface area contributed by atoms with Gasteiger partial charge in [0, 0.05) is 19.1 Å². The summed E-state index contributed by atoms with van der Waals surface area (Å²) in [5, 5.41) is 13.2. The highest BCUT2D eigenvalue weighted by Crippen LogP contribution is 2.19. The maximum atomic E-state index is 5.81. The van der Waals surface area contributed by atoms with Crippen LogP contribution in [0, 0.1) is 0 Å². The molecule has 0 saturated carbocycles. The SMILES string of the molecule is CC(C)c1nnc(CN=C(N)NCC2CCCO2)s1. The lowest BCUT2D eigenvalue weighted by Crippen LogP contribution is -2.37. The Labute approximate surface area is 117 Å². The molecule has 6 nitrogen and oxygen atoms in total. The van der Waals surface area contributed by atoms with E-state index in [1.807, 2.05) is 0 Å². The number of nitrogens with one attached hydrogen (secondary N) is 1. The third-order valence-corrected chi connectivity index (χ3v) is 4.10. The zero-order valence-corrected chi connectivity index (χ0v) is 12.2. The maximum absolute atomic E-state index is 5.81. The van der Waals surface area contributed by atoms with Gasteiger partial charge in [0.15, 0.2) is 5.96 Å². The van der Waals surface area contributed by atoms with Crippen LogP contribution in [0.15, 0.2) is 4.99 Å². The Hall–Kier alpha value is -1.21. The minimum atomic E-state index is 0.267. The highest BCUT2D eigenvalue weighted by molar-refractivity contribution is 7.11. The van der Waals surface area contributed by atoms with E-state index in [2.05, 4.69) is 34.4 Å². The molecular weight excluding hydrogens is 262 g/mol. The van der Waals surface area contributed by atoms with Crippen molar-refractivity contribution in [3.05, 3.63) is 10.0 Å².